The van der Waals surface area contributed by atoms with Gasteiger partial charge in [0.1, 0.15) is 4.88 Å². The summed E-state index contributed by atoms with van der Waals surface area (Å²) < 4.78 is 5.26. The first-order chi connectivity index (χ1) is 11.0. The van der Waals surface area contributed by atoms with Crippen LogP contribution in [0.5, 0.6) is 0 Å². The van der Waals surface area contributed by atoms with Crippen molar-refractivity contribution in [2.75, 3.05) is 6.54 Å². The van der Waals surface area contributed by atoms with Crippen LogP contribution in [0, 0.1) is 6.92 Å². The molecule has 0 aliphatic carbocycles. The summed E-state index contributed by atoms with van der Waals surface area (Å²) in [6, 6.07) is 9.80. The number of hydrogen-bond donors (Lipinski definition) is 1. The minimum Gasteiger partial charge on any atom is -0.448 e. The molecule has 0 fully saturated rings. The molecule has 0 radical (unpaired) electrons. The van der Waals surface area contributed by atoms with Crippen molar-refractivity contribution in [3.05, 3.63) is 58.8 Å². The van der Waals surface area contributed by atoms with Gasteiger partial charge in [-0.05, 0) is 30.9 Å². The lowest BCUT2D eigenvalue weighted by atomic mass is 10.1. The Bertz CT molecular complexity index is 703. The molecule has 1 N–H and O–H groups in total. The van der Waals surface area contributed by atoms with Gasteiger partial charge in [0.05, 0.1) is 0 Å². The van der Waals surface area contributed by atoms with Crippen molar-refractivity contribution in [3.8, 4) is 11.1 Å². The number of carbonyl (C=O) groups is 2. The SMILES string of the molecule is C=CCNC(=O)[C@@H](C)OC(=O)c1sccc1-c1ccc(C)cc1. The number of nitrogens with one attached hydrogen (secondary N) is 1. The van der Waals surface area contributed by atoms with Gasteiger partial charge in [0.25, 0.3) is 5.91 Å². The van der Waals surface area contributed by atoms with E-state index >= 15 is 0 Å². The summed E-state index contributed by atoms with van der Waals surface area (Å²) in [5, 5.41) is 4.45. The van der Waals surface area contributed by atoms with Gasteiger partial charge in [-0.25, -0.2) is 4.79 Å². The van der Waals surface area contributed by atoms with Gasteiger partial charge in [-0.15, -0.1) is 17.9 Å². The molecule has 2 aromatic rings. The van der Waals surface area contributed by atoms with Gasteiger partial charge < -0.3 is 10.1 Å². The maximum Gasteiger partial charge on any atom is 0.349 e. The summed E-state index contributed by atoms with van der Waals surface area (Å²) in [6.07, 6.45) is 0.719. The molecule has 1 aromatic carbocycles. The number of carbonyl (C=O) groups excluding carboxylic acids is 2. The van der Waals surface area contributed by atoms with Crippen LogP contribution in [-0.4, -0.2) is 24.5 Å². The Morgan fingerprint density at radius 3 is 2.65 bits per heavy atom. The van der Waals surface area contributed by atoms with Gasteiger partial charge in [-0.1, -0.05) is 35.9 Å². The predicted molar refractivity (Wildman–Crippen MR) is 92.6 cm³/mol. The third-order valence-electron chi connectivity index (χ3n) is 3.29. The minimum atomic E-state index is -0.851. The summed E-state index contributed by atoms with van der Waals surface area (Å²) in [6.45, 7) is 7.43. The molecule has 4 nitrogen and oxygen atoms in total. The third kappa shape index (κ3) is 4.29. The van der Waals surface area contributed by atoms with E-state index in [4.69, 9.17) is 4.74 Å². The van der Waals surface area contributed by atoms with Crippen LogP contribution >= 0.6 is 11.3 Å². The van der Waals surface area contributed by atoms with Gasteiger partial charge in [0.2, 0.25) is 0 Å². The lowest BCUT2D eigenvalue weighted by Gasteiger charge is -2.13. The molecule has 0 unspecified atom stereocenters. The first-order valence-electron chi connectivity index (χ1n) is 7.27. The van der Waals surface area contributed by atoms with Gasteiger partial charge in [0, 0.05) is 12.1 Å². The largest absolute Gasteiger partial charge is 0.448 e. The Kier molecular flexibility index (Phi) is 5.71. The van der Waals surface area contributed by atoms with Crippen LogP contribution in [0.1, 0.15) is 22.2 Å². The Labute approximate surface area is 139 Å². The monoisotopic (exact) mass is 329 g/mol. The van der Waals surface area contributed by atoms with Crippen LogP contribution in [0.4, 0.5) is 0 Å². The van der Waals surface area contributed by atoms with Gasteiger partial charge in [-0.3, -0.25) is 4.79 Å². The van der Waals surface area contributed by atoms with E-state index in [9.17, 15) is 9.59 Å². The fourth-order valence-corrected chi connectivity index (χ4v) is 2.81. The quantitative estimate of drug-likeness (QED) is 0.651. The number of benzene rings is 1. The lowest BCUT2D eigenvalue weighted by Crippen LogP contribution is -2.35. The summed E-state index contributed by atoms with van der Waals surface area (Å²) >= 11 is 1.31. The maximum atomic E-state index is 12.3. The standard InChI is InChI=1S/C18H19NO3S/c1-4-10-19-17(20)13(3)22-18(21)16-15(9-11-23-16)14-7-5-12(2)6-8-14/h4-9,11,13H,1,10H2,2-3H3,(H,19,20)/t13-/m1/s1. The number of rotatable bonds is 6. The molecule has 5 heteroatoms. The van der Waals surface area contributed by atoms with E-state index in [-0.39, 0.29) is 5.91 Å². The van der Waals surface area contributed by atoms with E-state index in [0.717, 1.165) is 16.7 Å². The van der Waals surface area contributed by atoms with E-state index in [1.165, 1.54) is 11.3 Å². The van der Waals surface area contributed by atoms with Crippen LogP contribution in [-0.2, 0) is 9.53 Å². The average Bonchev–Trinajstić information content (AvgIpc) is 3.02. The fraction of sp³-hybridized carbons (Fsp3) is 0.222. The molecule has 0 aliphatic rings. The van der Waals surface area contributed by atoms with Crippen molar-refractivity contribution in [3.63, 3.8) is 0 Å². The molecule has 0 spiro atoms. The van der Waals surface area contributed by atoms with Gasteiger partial charge in [0.15, 0.2) is 6.10 Å². The second-order valence-electron chi connectivity index (χ2n) is 5.11. The molecule has 120 valence electrons. The minimum absolute atomic E-state index is 0.341. The Balaban J connectivity index is 2.12. The van der Waals surface area contributed by atoms with Crippen molar-refractivity contribution in [2.45, 2.75) is 20.0 Å². The summed E-state index contributed by atoms with van der Waals surface area (Å²) in [4.78, 5) is 24.6. The molecule has 0 bridgehead atoms. The summed E-state index contributed by atoms with van der Waals surface area (Å²) in [5.41, 5.74) is 2.92. The van der Waals surface area contributed by atoms with E-state index < -0.39 is 12.1 Å². The molecule has 0 saturated heterocycles. The summed E-state index contributed by atoms with van der Waals surface area (Å²) in [5.74, 6) is -0.830. The molecular weight excluding hydrogens is 310 g/mol. The molecule has 1 amide bonds. The van der Waals surface area contributed by atoms with Crippen LogP contribution in [0.25, 0.3) is 11.1 Å². The molecule has 0 saturated carbocycles. The van der Waals surface area contributed by atoms with Crippen molar-refractivity contribution < 1.29 is 14.3 Å². The Morgan fingerprint density at radius 2 is 2.00 bits per heavy atom. The fourth-order valence-electron chi connectivity index (χ4n) is 2.01. The van der Waals surface area contributed by atoms with Crippen LogP contribution in [0.15, 0.2) is 48.4 Å². The van der Waals surface area contributed by atoms with Gasteiger partial charge in [-0.2, -0.15) is 0 Å². The van der Waals surface area contributed by atoms with Crippen molar-refractivity contribution in [1.82, 2.24) is 5.32 Å². The maximum absolute atomic E-state index is 12.3. The number of hydrogen-bond acceptors (Lipinski definition) is 4. The normalized spacial score (nSPS) is 11.6. The van der Waals surface area contributed by atoms with E-state index in [1.807, 2.05) is 42.6 Å². The second kappa shape index (κ2) is 7.74. The van der Waals surface area contributed by atoms with Crippen molar-refractivity contribution in [2.24, 2.45) is 0 Å². The molecule has 1 heterocycles. The van der Waals surface area contributed by atoms with Gasteiger partial charge >= 0.3 is 5.97 Å². The highest BCUT2D eigenvalue weighted by Crippen LogP contribution is 2.29. The first-order valence-corrected chi connectivity index (χ1v) is 8.15. The number of esters is 1. The molecule has 23 heavy (non-hydrogen) atoms. The number of ether oxygens (including phenoxy) is 1. The number of amides is 1. The molecular formula is C18H19NO3S. The topological polar surface area (TPSA) is 55.4 Å². The second-order valence-corrected chi connectivity index (χ2v) is 6.03. The highest BCUT2D eigenvalue weighted by atomic mass is 32.1. The highest BCUT2D eigenvalue weighted by Gasteiger charge is 2.21. The number of aryl methyl sites for hydroxylation is 1. The lowest BCUT2D eigenvalue weighted by molar-refractivity contribution is -0.128. The third-order valence-corrected chi connectivity index (χ3v) is 4.18. The van der Waals surface area contributed by atoms with E-state index in [0.29, 0.717) is 11.4 Å². The van der Waals surface area contributed by atoms with E-state index in [2.05, 4.69) is 11.9 Å². The zero-order valence-electron chi connectivity index (χ0n) is 13.2. The first kappa shape index (κ1) is 17.0. The molecule has 2 rings (SSSR count). The van der Waals surface area contributed by atoms with E-state index in [1.54, 1.807) is 13.0 Å². The smallest absolute Gasteiger partial charge is 0.349 e. The zero-order chi connectivity index (χ0) is 16.8. The predicted octanol–water partition coefficient (Wildman–Crippen LogP) is 3.57. The Morgan fingerprint density at radius 1 is 1.30 bits per heavy atom. The van der Waals surface area contributed by atoms with Crippen LogP contribution < -0.4 is 5.32 Å². The van der Waals surface area contributed by atoms with Crippen LogP contribution in [0.3, 0.4) is 0 Å². The zero-order valence-corrected chi connectivity index (χ0v) is 14.0. The Hall–Kier alpha value is -2.40. The molecule has 1 aromatic heterocycles. The average molecular weight is 329 g/mol. The van der Waals surface area contributed by atoms with Crippen LogP contribution in [0.2, 0.25) is 0 Å². The number of thiophene rings is 1. The summed E-state index contributed by atoms with van der Waals surface area (Å²) in [7, 11) is 0. The van der Waals surface area contributed by atoms with Crippen molar-refractivity contribution >= 4 is 23.2 Å². The highest BCUT2D eigenvalue weighted by molar-refractivity contribution is 7.12. The molecule has 0 aliphatic heterocycles. The van der Waals surface area contributed by atoms with Crippen molar-refractivity contribution in [1.29, 1.82) is 0 Å². The molecule has 1 atom stereocenters.